The summed E-state index contributed by atoms with van der Waals surface area (Å²) in [7, 11) is 3.10. The molecule has 1 saturated heterocycles. The van der Waals surface area contributed by atoms with E-state index in [0.29, 0.717) is 54.7 Å². The molecule has 1 heterocycles. The van der Waals surface area contributed by atoms with Crippen LogP contribution in [0.15, 0.2) is 42.5 Å². The summed E-state index contributed by atoms with van der Waals surface area (Å²) < 4.78 is 10.5. The molecule has 0 aromatic heterocycles. The van der Waals surface area contributed by atoms with Crippen LogP contribution in [0.25, 0.3) is 0 Å². The zero-order chi connectivity index (χ0) is 20.1. The Morgan fingerprint density at radius 3 is 1.96 bits per heavy atom. The number of amides is 2. The lowest BCUT2D eigenvalue weighted by Gasteiger charge is -2.35. The number of benzene rings is 2. The molecule has 0 aliphatic carbocycles. The zero-order valence-electron chi connectivity index (χ0n) is 16.0. The fraction of sp³-hybridized carbons (Fsp3) is 0.333. The standard InChI is InChI=1S/C21H23ClN2O4/c1-27-18-12-16(13-19(14-18)28-2)21(26)24-9-7-23(8-10-24)20(25)11-15-3-5-17(22)6-4-15/h3-6,12-14H,7-11H2,1-2H3. The van der Waals surface area contributed by atoms with Crippen LogP contribution in [0.1, 0.15) is 15.9 Å². The maximum Gasteiger partial charge on any atom is 0.254 e. The van der Waals surface area contributed by atoms with E-state index in [0.717, 1.165) is 5.56 Å². The SMILES string of the molecule is COc1cc(OC)cc(C(=O)N2CCN(C(=O)Cc3ccc(Cl)cc3)CC2)c1. The molecule has 0 spiro atoms. The Bertz CT molecular complexity index is 824. The molecule has 0 unspecified atom stereocenters. The lowest BCUT2D eigenvalue weighted by atomic mass is 10.1. The first-order valence-corrected chi connectivity index (χ1v) is 9.42. The number of nitrogens with zero attached hydrogens (tertiary/aromatic N) is 2. The van der Waals surface area contributed by atoms with Gasteiger partial charge in [0.25, 0.3) is 5.91 Å². The highest BCUT2D eigenvalue weighted by atomic mass is 35.5. The fourth-order valence-corrected chi connectivity index (χ4v) is 3.29. The minimum atomic E-state index is -0.0954. The van der Waals surface area contributed by atoms with Gasteiger partial charge in [0.15, 0.2) is 0 Å². The van der Waals surface area contributed by atoms with Crippen LogP contribution in [0.3, 0.4) is 0 Å². The Morgan fingerprint density at radius 1 is 0.893 bits per heavy atom. The maximum atomic E-state index is 12.8. The second-order valence-corrected chi connectivity index (χ2v) is 7.01. The molecule has 0 radical (unpaired) electrons. The highest BCUT2D eigenvalue weighted by Gasteiger charge is 2.25. The quantitative estimate of drug-likeness (QED) is 0.771. The number of hydrogen-bond donors (Lipinski definition) is 0. The van der Waals surface area contributed by atoms with E-state index in [4.69, 9.17) is 21.1 Å². The molecular weight excluding hydrogens is 380 g/mol. The third-order valence-corrected chi connectivity index (χ3v) is 5.04. The normalized spacial score (nSPS) is 14.0. The van der Waals surface area contributed by atoms with Gasteiger partial charge in [-0.3, -0.25) is 9.59 Å². The number of carbonyl (C=O) groups is 2. The van der Waals surface area contributed by atoms with Crippen LogP contribution >= 0.6 is 11.6 Å². The van der Waals surface area contributed by atoms with Gasteiger partial charge in [-0.05, 0) is 29.8 Å². The smallest absolute Gasteiger partial charge is 0.254 e. The summed E-state index contributed by atoms with van der Waals surface area (Å²) in [6.07, 6.45) is 0.332. The van der Waals surface area contributed by atoms with E-state index in [2.05, 4.69) is 0 Å². The Morgan fingerprint density at radius 2 is 1.43 bits per heavy atom. The van der Waals surface area contributed by atoms with Gasteiger partial charge in [-0.2, -0.15) is 0 Å². The van der Waals surface area contributed by atoms with E-state index < -0.39 is 0 Å². The fourth-order valence-electron chi connectivity index (χ4n) is 3.16. The summed E-state index contributed by atoms with van der Waals surface area (Å²) in [6.45, 7) is 2.01. The molecule has 0 saturated carbocycles. The van der Waals surface area contributed by atoms with Crippen molar-refractivity contribution >= 4 is 23.4 Å². The number of rotatable bonds is 5. The van der Waals surface area contributed by atoms with Crippen molar-refractivity contribution in [2.75, 3.05) is 40.4 Å². The van der Waals surface area contributed by atoms with Crippen LogP contribution < -0.4 is 9.47 Å². The van der Waals surface area contributed by atoms with Crippen molar-refractivity contribution in [3.63, 3.8) is 0 Å². The van der Waals surface area contributed by atoms with Gasteiger partial charge in [-0.15, -0.1) is 0 Å². The number of ether oxygens (including phenoxy) is 2. The third-order valence-electron chi connectivity index (χ3n) is 4.79. The van der Waals surface area contributed by atoms with Crippen LogP contribution in [0.4, 0.5) is 0 Å². The molecule has 1 aliphatic rings. The van der Waals surface area contributed by atoms with Crippen LogP contribution in [0.2, 0.25) is 5.02 Å². The monoisotopic (exact) mass is 402 g/mol. The Hall–Kier alpha value is -2.73. The van der Waals surface area contributed by atoms with Crippen LogP contribution in [-0.2, 0) is 11.2 Å². The topological polar surface area (TPSA) is 59.1 Å². The van der Waals surface area contributed by atoms with Crippen molar-refractivity contribution in [1.82, 2.24) is 9.80 Å². The van der Waals surface area contributed by atoms with Gasteiger partial charge < -0.3 is 19.3 Å². The first kappa shape index (κ1) is 20.0. The van der Waals surface area contributed by atoms with Crippen molar-refractivity contribution < 1.29 is 19.1 Å². The largest absolute Gasteiger partial charge is 0.497 e. The summed E-state index contributed by atoms with van der Waals surface area (Å²) in [5.41, 5.74) is 1.44. The summed E-state index contributed by atoms with van der Waals surface area (Å²) in [4.78, 5) is 28.9. The average Bonchev–Trinajstić information content (AvgIpc) is 2.74. The van der Waals surface area contributed by atoms with Gasteiger partial charge in [0.1, 0.15) is 11.5 Å². The third kappa shape index (κ3) is 4.75. The number of halogens is 1. The summed E-state index contributed by atoms with van der Waals surface area (Å²) in [5, 5.41) is 0.650. The van der Waals surface area contributed by atoms with Gasteiger partial charge in [0.2, 0.25) is 5.91 Å². The van der Waals surface area contributed by atoms with E-state index in [1.165, 1.54) is 0 Å². The Labute approximate surface area is 169 Å². The summed E-state index contributed by atoms with van der Waals surface area (Å²) >= 11 is 5.88. The predicted molar refractivity (Wildman–Crippen MR) is 107 cm³/mol. The van der Waals surface area contributed by atoms with E-state index in [-0.39, 0.29) is 11.8 Å². The number of piperazine rings is 1. The molecule has 0 bridgehead atoms. The van der Waals surface area contributed by atoms with Gasteiger partial charge in [-0.25, -0.2) is 0 Å². The minimum Gasteiger partial charge on any atom is -0.497 e. The van der Waals surface area contributed by atoms with Crippen molar-refractivity contribution in [1.29, 1.82) is 0 Å². The zero-order valence-corrected chi connectivity index (χ0v) is 16.7. The summed E-state index contributed by atoms with van der Waals surface area (Å²) in [5.74, 6) is 1.10. The average molecular weight is 403 g/mol. The predicted octanol–water partition coefficient (Wildman–Crippen LogP) is 2.88. The highest BCUT2D eigenvalue weighted by Crippen LogP contribution is 2.24. The Kier molecular flexibility index (Phi) is 6.41. The second kappa shape index (κ2) is 8.97. The molecule has 7 heteroatoms. The number of hydrogen-bond acceptors (Lipinski definition) is 4. The van der Waals surface area contributed by atoms with E-state index in [1.807, 2.05) is 12.1 Å². The maximum absolute atomic E-state index is 12.8. The molecule has 28 heavy (non-hydrogen) atoms. The summed E-state index contributed by atoms with van der Waals surface area (Å²) in [6, 6.07) is 12.4. The minimum absolute atomic E-state index is 0.0532. The number of methoxy groups -OCH3 is 2. The molecule has 2 aromatic carbocycles. The molecule has 3 rings (SSSR count). The van der Waals surface area contributed by atoms with Crippen LogP contribution in [0.5, 0.6) is 11.5 Å². The van der Waals surface area contributed by atoms with Gasteiger partial charge >= 0.3 is 0 Å². The molecule has 1 fully saturated rings. The second-order valence-electron chi connectivity index (χ2n) is 6.58. The molecule has 148 valence electrons. The van der Waals surface area contributed by atoms with Crippen molar-refractivity contribution in [2.45, 2.75) is 6.42 Å². The highest BCUT2D eigenvalue weighted by molar-refractivity contribution is 6.30. The van der Waals surface area contributed by atoms with Gasteiger partial charge in [0, 0.05) is 42.8 Å². The number of carbonyl (C=O) groups excluding carboxylic acids is 2. The lowest BCUT2D eigenvalue weighted by Crippen LogP contribution is -2.51. The Balaban J connectivity index is 1.59. The first-order chi connectivity index (χ1) is 13.5. The van der Waals surface area contributed by atoms with E-state index in [1.54, 1.807) is 54.4 Å². The van der Waals surface area contributed by atoms with Gasteiger partial charge in [-0.1, -0.05) is 23.7 Å². The molecule has 6 nitrogen and oxygen atoms in total. The molecule has 1 aliphatic heterocycles. The first-order valence-electron chi connectivity index (χ1n) is 9.04. The molecule has 0 N–H and O–H groups in total. The van der Waals surface area contributed by atoms with Crippen molar-refractivity contribution in [2.24, 2.45) is 0 Å². The molecular formula is C21H23ClN2O4. The van der Waals surface area contributed by atoms with Crippen LogP contribution in [-0.4, -0.2) is 62.0 Å². The molecule has 2 aromatic rings. The lowest BCUT2D eigenvalue weighted by molar-refractivity contribution is -0.131. The van der Waals surface area contributed by atoms with Gasteiger partial charge in [0.05, 0.1) is 20.6 Å². The molecule has 2 amide bonds. The van der Waals surface area contributed by atoms with E-state index >= 15 is 0 Å². The van der Waals surface area contributed by atoms with Crippen LogP contribution in [0, 0.1) is 0 Å². The van der Waals surface area contributed by atoms with E-state index in [9.17, 15) is 9.59 Å². The van der Waals surface area contributed by atoms with Crippen molar-refractivity contribution in [3.05, 3.63) is 58.6 Å². The molecule has 0 atom stereocenters. The van der Waals surface area contributed by atoms with Crippen molar-refractivity contribution in [3.8, 4) is 11.5 Å².